The molecule has 1 saturated heterocycles. The molecule has 3 aromatic rings. The summed E-state index contributed by atoms with van der Waals surface area (Å²) in [4.78, 5) is 24.3. The van der Waals surface area contributed by atoms with Crippen molar-refractivity contribution in [3.05, 3.63) is 58.8 Å². The number of rotatable bonds is 6. The highest BCUT2D eigenvalue weighted by Crippen LogP contribution is 2.38. The summed E-state index contributed by atoms with van der Waals surface area (Å²) in [5.74, 6) is 2.27. The first-order valence-electron chi connectivity index (χ1n) is 10.8. The molecule has 0 N–H and O–H groups in total. The smallest absolute Gasteiger partial charge is 0.227 e. The lowest BCUT2D eigenvalue weighted by Crippen LogP contribution is -2.32. The SMILES string of the molecule is CCOc1ccc(CC(=O)N2CCC[C@H]2c2nc(C)ncc2-c2onc(C)c2C)cc1. The quantitative estimate of drug-likeness (QED) is 0.589. The van der Waals surface area contributed by atoms with E-state index in [-0.39, 0.29) is 11.9 Å². The lowest BCUT2D eigenvalue weighted by Gasteiger charge is -2.26. The molecule has 0 bridgehead atoms. The number of carbonyl (C=O) groups excluding carboxylic acids is 1. The molecule has 2 aromatic heterocycles. The van der Waals surface area contributed by atoms with Gasteiger partial charge in [-0.05, 0) is 58.2 Å². The minimum absolute atomic E-state index is 0.0966. The first kappa shape index (κ1) is 21.0. The highest BCUT2D eigenvalue weighted by atomic mass is 16.5. The molecule has 1 aromatic carbocycles. The van der Waals surface area contributed by atoms with E-state index in [1.807, 2.05) is 56.9 Å². The van der Waals surface area contributed by atoms with E-state index >= 15 is 0 Å². The summed E-state index contributed by atoms with van der Waals surface area (Å²) in [6.07, 6.45) is 3.95. The maximum atomic E-state index is 13.2. The molecule has 0 radical (unpaired) electrons. The van der Waals surface area contributed by atoms with E-state index < -0.39 is 0 Å². The third-order valence-corrected chi connectivity index (χ3v) is 5.82. The third-order valence-electron chi connectivity index (χ3n) is 5.82. The summed E-state index contributed by atoms with van der Waals surface area (Å²) >= 11 is 0. The fourth-order valence-corrected chi connectivity index (χ4v) is 4.08. The van der Waals surface area contributed by atoms with Gasteiger partial charge >= 0.3 is 0 Å². The molecule has 7 heteroatoms. The van der Waals surface area contributed by atoms with E-state index in [4.69, 9.17) is 14.2 Å². The van der Waals surface area contributed by atoms with Crippen LogP contribution in [0.2, 0.25) is 0 Å². The second kappa shape index (κ2) is 8.88. The monoisotopic (exact) mass is 420 g/mol. The van der Waals surface area contributed by atoms with Gasteiger partial charge in [0.15, 0.2) is 5.76 Å². The number of carbonyl (C=O) groups is 1. The molecular weight excluding hydrogens is 392 g/mol. The van der Waals surface area contributed by atoms with E-state index in [1.54, 1.807) is 6.20 Å². The van der Waals surface area contributed by atoms with Crippen molar-refractivity contribution in [1.82, 2.24) is 20.0 Å². The van der Waals surface area contributed by atoms with Gasteiger partial charge in [0.2, 0.25) is 5.91 Å². The van der Waals surface area contributed by atoms with Gasteiger partial charge in [-0.25, -0.2) is 9.97 Å². The Morgan fingerprint density at radius 3 is 2.68 bits per heavy atom. The van der Waals surface area contributed by atoms with Gasteiger partial charge in [0.05, 0.1) is 36.0 Å². The van der Waals surface area contributed by atoms with Crippen LogP contribution in [0.1, 0.15) is 54.1 Å². The maximum Gasteiger partial charge on any atom is 0.227 e. The molecule has 162 valence electrons. The Kier molecular flexibility index (Phi) is 6.02. The molecule has 1 amide bonds. The van der Waals surface area contributed by atoms with Crippen LogP contribution < -0.4 is 4.74 Å². The van der Waals surface area contributed by atoms with Gasteiger partial charge in [-0.1, -0.05) is 17.3 Å². The van der Waals surface area contributed by atoms with Crippen molar-refractivity contribution < 1.29 is 14.1 Å². The van der Waals surface area contributed by atoms with Crippen LogP contribution in [0.5, 0.6) is 5.75 Å². The van der Waals surface area contributed by atoms with Crippen LogP contribution in [-0.4, -0.2) is 39.1 Å². The highest BCUT2D eigenvalue weighted by molar-refractivity contribution is 5.80. The van der Waals surface area contributed by atoms with Crippen LogP contribution in [0.4, 0.5) is 0 Å². The maximum absolute atomic E-state index is 13.2. The molecule has 0 aliphatic carbocycles. The first-order valence-corrected chi connectivity index (χ1v) is 10.8. The van der Waals surface area contributed by atoms with Crippen LogP contribution in [0.25, 0.3) is 11.3 Å². The Morgan fingerprint density at radius 1 is 1.23 bits per heavy atom. The summed E-state index contributed by atoms with van der Waals surface area (Å²) in [6, 6.07) is 7.63. The highest BCUT2D eigenvalue weighted by Gasteiger charge is 2.34. The predicted octanol–water partition coefficient (Wildman–Crippen LogP) is 4.36. The number of amides is 1. The van der Waals surface area contributed by atoms with Crippen LogP contribution in [-0.2, 0) is 11.2 Å². The van der Waals surface area contributed by atoms with E-state index in [0.29, 0.717) is 24.6 Å². The standard InChI is InChI=1S/C24H28N4O3/c1-5-30-19-10-8-18(9-11-19)13-22(29)28-12-6-7-21(28)23-20(14-25-17(4)26-23)24-15(2)16(3)27-31-24/h8-11,14,21H,5-7,12-13H2,1-4H3/t21-/m0/s1. The van der Waals surface area contributed by atoms with Crippen molar-refractivity contribution in [2.75, 3.05) is 13.2 Å². The van der Waals surface area contributed by atoms with E-state index in [9.17, 15) is 4.79 Å². The van der Waals surface area contributed by atoms with Gasteiger partial charge in [-0.3, -0.25) is 4.79 Å². The van der Waals surface area contributed by atoms with Gasteiger partial charge in [0, 0.05) is 18.3 Å². The molecule has 1 fully saturated rings. The van der Waals surface area contributed by atoms with Crippen LogP contribution in [0, 0.1) is 20.8 Å². The van der Waals surface area contributed by atoms with Gasteiger partial charge in [0.1, 0.15) is 11.6 Å². The molecule has 1 atom stereocenters. The van der Waals surface area contributed by atoms with E-state index in [0.717, 1.165) is 53.2 Å². The second-order valence-corrected chi connectivity index (χ2v) is 7.94. The fraction of sp³-hybridized carbons (Fsp3) is 0.417. The van der Waals surface area contributed by atoms with Crippen molar-refractivity contribution in [2.45, 2.75) is 53.0 Å². The minimum Gasteiger partial charge on any atom is -0.494 e. The first-order chi connectivity index (χ1) is 15.0. The lowest BCUT2D eigenvalue weighted by atomic mass is 10.0. The zero-order valence-electron chi connectivity index (χ0n) is 18.5. The number of aryl methyl sites for hydroxylation is 2. The average Bonchev–Trinajstić information content (AvgIpc) is 3.37. The van der Waals surface area contributed by atoms with Crippen LogP contribution >= 0.6 is 0 Å². The molecular formula is C24H28N4O3. The van der Waals surface area contributed by atoms with Crippen molar-refractivity contribution in [3.8, 4) is 17.1 Å². The van der Waals surface area contributed by atoms with E-state index in [1.165, 1.54) is 0 Å². The zero-order valence-corrected chi connectivity index (χ0v) is 18.5. The number of nitrogens with zero attached hydrogens (tertiary/aromatic N) is 4. The number of ether oxygens (including phenoxy) is 1. The summed E-state index contributed by atoms with van der Waals surface area (Å²) < 4.78 is 11.1. The Labute approximate surface area is 182 Å². The largest absolute Gasteiger partial charge is 0.494 e. The molecule has 0 saturated carbocycles. The van der Waals surface area contributed by atoms with Crippen molar-refractivity contribution in [3.63, 3.8) is 0 Å². The lowest BCUT2D eigenvalue weighted by molar-refractivity contribution is -0.131. The molecule has 4 rings (SSSR count). The molecule has 1 aliphatic rings. The molecule has 31 heavy (non-hydrogen) atoms. The molecule has 3 heterocycles. The van der Waals surface area contributed by atoms with Crippen LogP contribution in [0.15, 0.2) is 35.0 Å². The fourth-order valence-electron chi connectivity index (χ4n) is 4.08. The van der Waals surface area contributed by atoms with Gasteiger partial charge < -0.3 is 14.2 Å². The second-order valence-electron chi connectivity index (χ2n) is 7.94. The predicted molar refractivity (Wildman–Crippen MR) is 117 cm³/mol. The number of benzene rings is 1. The summed E-state index contributed by atoms with van der Waals surface area (Å²) in [7, 11) is 0. The Hall–Kier alpha value is -3.22. The third kappa shape index (κ3) is 4.31. The number of hydrogen-bond acceptors (Lipinski definition) is 6. The van der Waals surface area contributed by atoms with Crippen molar-refractivity contribution in [2.24, 2.45) is 0 Å². The molecule has 0 spiro atoms. The Bertz CT molecular complexity index is 1070. The van der Waals surface area contributed by atoms with Gasteiger partial charge in [-0.15, -0.1) is 0 Å². The van der Waals surface area contributed by atoms with Crippen molar-refractivity contribution >= 4 is 5.91 Å². The number of likely N-dealkylation sites (tertiary alicyclic amines) is 1. The molecule has 7 nitrogen and oxygen atoms in total. The minimum atomic E-state index is -0.100. The van der Waals surface area contributed by atoms with Crippen LogP contribution in [0.3, 0.4) is 0 Å². The molecule has 0 unspecified atom stereocenters. The number of aromatic nitrogens is 3. The summed E-state index contributed by atoms with van der Waals surface area (Å²) in [5.41, 5.74) is 4.44. The normalized spacial score (nSPS) is 16.0. The van der Waals surface area contributed by atoms with Gasteiger partial charge in [0.25, 0.3) is 0 Å². The average molecular weight is 421 g/mol. The molecule has 1 aliphatic heterocycles. The Balaban J connectivity index is 1.60. The topological polar surface area (TPSA) is 81.4 Å². The summed E-state index contributed by atoms with van der Waals surface area (Å²) in [5, 5.41) is 4.09. The summed E-state index contributed by atoms with van der Waals surface area (Å²) in [6.45, 7) is 9.06. The number of hydrogen-bond donors (Lipinski definition) is 0. The Morgan fingerprint density at radius 2 is 2.00 bits per heavy atom. The van der Waals surface area contributed by atoms with Crippen molar-refractivity contribution in [1.29, 1.82) is 0 Å². The van der Waals surface area contributed by atoms with Gasteiger partial charge in [-0.2, -0.15) is 0 Å². The van der Waals surface area contributed by atoms with E-state index in [2.05, 4.69) is 10.1 Å². The zero-order chi connectivity index (χ0) is 22.0.